The smallest absolute Gasteiger partial charge is 0.258 e. The summed E-state index contributed by atoms with van der Waals surface area (Å²) in [6, 6.07) is 7.35. The summed E-state index contributed by atoms with van der Waals surface area (Å²) in [5.41, 5.74) is 0.666. The highest BCUT2D eigenvalue weighted by atomic mass is 79.9. The molecule has 0 aliphatic heterocycles. The second-order valence-electron chi connectivity index (χ2n) is 5.59. The van der Waals surface area contributed by atoms with E-state index in [1.807, 2.05) is 0 Å². The zero-order valence-corrected chi connectivity index (χ0v) is 17.0. The summed E-state index contributed by atoms with van der Waals surface area (Å²) in [7, 11) is -2.04. The molecule has 2 rings (SSSR count). The van der Waals surface area contributed by atoms with Gasteiger partial charge in [-0.1, -0.05) is 11.6 Å². The van der Waals surface area contributed by atoms with Crippen LogP contribution in [0.4, 0.5) is 5.69 Å². The summed E-state index contributed by atoms with van der Waals surface area (Å²) < 4.78 is 26.7. The van der Waals surface area contributed by atoms with Crippen molar-refractivity contribution in [3.05, 3.63) is 51.7 Å². The van der Waals surface area contributed by atoms with Crippen LogP contribution in [0, 0.1) is 0 Å². The molecule has 1 heterocycles. The average Bonchev–Trinajstić information content (AvgIpc) is 2.56. The maximum Gasteiger partial charge on any atom is 0.258 e. The lowest BCUT2D eigenvalue weighted by atomic mass is 10.2. The molecule has 1 amide bonds. The first kappa shape index (κ1) is 19.8. The van der Waals surface area contributed by atoms with Gasteiger partial charge in [0.1, 0.15) is 5.15 Å². The average molecular weight is 447 g/mol. The standard InChI is InChI=1S/C16H17BrClN3O3S/c1-10(2)21(3)25(23,24)13-6-4-12(5-7-13)20-16(22)14-8-11(17)9-19-15(14)18/h4-10H,1-3H3,(H,20,22). The number of hydrogen-bond donors (Lipinski definition) is 1. The number of pyridine rings is 1. The number of sulfonamides is 1. The number of benzene rings is 1. The van der Waals surface area contributed by atoms with Crippen LogP contribution < -0.4 is 5.32 Å². The molecule has 6 nitrogen and oxygen atoms in total. The Morgan fingerprint density at radius 1 is 1.28 bits per heavy atom. The van der Waals surface area contributed by atoms with Crippen molar-refractivity contribution in [2.75, 3.05) is 12.4 Å². The van der Waals surface area contributed by atoms with Gasteiger partial charge in [0.2, 0.25) is 10.0 Å². The van der Waals surface area contributed by atoms with Crippen molar-refractivity contribution in [1.29, 1.82) is 0 Å². The Balaban J connectivity index is 2.21. The van der Waals surface area contributed by atoms with Crippen LogP contribution in [0.5, 0.6) is 0 Å². The van der Waals surface area contributed by atoms with E-state index in [9.17, 15) is 13.2 Å². The lowest BCUT2D eigenvalue weighted by Gasteiger charge is -2.21. The Kier molecular flexibility index (Phi) is 6.21. The predicted octanol–water partition coefficient (Wildman–Crippen LogP) is 3.78. The number of hydrogen-bond acceptors (Lipinski definition) is 4. The third-order valence-electron chi connectivity index (χ3n) is 3.57. The van der Waals surface area contributed by atoms with Gasteiger partial charge in [-0.3, -0.25) is 4.79 Å². The van der Waals surface area contributed by atoms with Crippen molar-refractivity contribution in [3.63, 3.8) is 0 Å². The first-order chi connectivity index (χ1) is 11.6. The van der Waals surface area contributed by atoms with Crippen molar-refractivity contribution in [1.82, 2.24) is 9.29 Å². The molecule has 0 unspecified atom stereocenters. The molecule has 0 aliphatic rings. The van der Waals surface area contributed by atoms with Crippen molar-refractivity contribution < 1.29 is 13.2 Å². The molecule has 0 fully saturated rings. The van der Waals surface area contributed by atoms with Gasteiger partial charge in [0, 0.05) is 29.4 Å². The van der Waals surface area contributed by atoms with Gasteiger partial charge in [-0.05, 0) is 60.1 Å². The van der Waals surface area contributed by atoms with Gasteiger partial charge >= 0.3 is 0 Å². The number of carbonyl (C=O) groups excluding carboxylic acids is 1. The summed E-state index contributed by atoms with van der Waals surface area (Å²) in [5, 5.41) is 2.75. The Morgan fingerprint density at radius 2 is 1.88 bits per heavy atom. The van der Waals surface area contributed by atoms with Gasteiger partial charge in [-0.25, -0.2) is 13.4 Å². The summed E-state index contributed by atoms with van der Waals surface area (Å²) in [4.78, 5) is 16.3. The number of carbonyl (C=O) groups is 1. The van der Waals surface area contributed by atoms with E-state index in [1.165, 1.54) is 41.8 Å². The van der Waals surface area contributed by atoms with Crippen molar-refractivity contribution in [3.8, 4) is 0 Å². The van der Waals surface area contributed by atoms with Crippen LogP contribution >= 0.6 is 27.5 Å². The lowest BCUT2D eigenvalue weighted by molar-refractivity contribution is 0.102. The molecule has 25 heavy (non-hydrogen) atoms. The second kappa shape index (κ2) is 7.82. The normalized spacial score (nSPS) is 11.8. The zero-order chi connectivity index (χ0) is 18.8. The fourth-order valence-electron chi connectivity index (χ4n) is 1.93. The van der Waals surface area contributed by atoms with Crippen LogP contribution in [0.2, 0.25) is 5.15 Å². The van der Waals surface area contributed by atoms with Gasteiger partial charge in [-0.15, -0.1) is 0 Å². The number of rotatable bonds is 5. The van der Waals surface area contributed by atoms with Gasteiger partial charge in [0.25, 0.3) is 5.91 Å². The topological polar surface area (TPSA) is 79.4 Å². The molecule has 0 atom stereocenters. The molecule has 0 spiro atoms. The fraction of sp³-hybridized carbons (Fsp3) is 0.250. The quantitative estimate of drug-likeness (QED) is 0.709. The molecule has 1 aromatic carbocycles. The summed E-state index contributed by atoms with van der Waals surface area (Å²) in [6.45, 7) is 3.59. The zero-order valence-electron chi connectivity index (χ0n) is 13.8. The van der Waals surface area contributed by atoms with Crippen LogP contribution in [0.1, 0.15) is 24.2 Å². The molecule has 1 N–H and O–H groups in total. The van der Waals surface area contributed by atoms with Crippen LogP contribution in [0.15, 0.2) is 45.9 Å². The number of anilines is 1. The monoisotopic (exact) mass is 445 g/mol. The number of nitrogens with one attached hydrogen (secondary N) is 1. The van der Waals surface area contributed by atoms with Crippen molar-refractivity contribution >= 4 is 49.1 Å². The van der Waals surface area contributed by atoms with Crippen molar-refractivity contribution in [2.24, 2.45) is 0 Å². The molecule has 0 aliphatic carbocycles. The maximum atomic E-state index is 12.4. The van der Waals surface area contributed by atoms with Crippen LogP contribution in [0.3, 0.4) is 0 Å². The number of amides is 1. The Morgan fingerprint density at radius 3 is 2.44 bits per heavy atom. The molecular weight excluding hydrogens is 430 g/mol. The number of halogens is 2. The van der Waals surface area contributed by atoms with E-state index < -0.39 is 15.9 Å². The van der Waals surface area contributed by atoms with E-state index in [-0.39, 0.29) is 21.7 Å². The largest absolute Gasteiger partial charge is 0.322 e. The van der Waals surface area contributed by atoms with E-state index in [0.717, 1.165) is 0 Å². The van der Waals surface area contributed by atoms with Crippen LogP contribution in [-0.4, -0.2) is 36.7 Å². The molecule has 0 bridgehead atoms. The SMILES string of the molecule is CC(C)N(C)S(=O)(=O)c1ccc(NC(=O)c2cc(Br)cnc2Cl)cc1. The Hall–Kier alpha value is -1.48. The first-order valence-electron chi connectivity index (χ1n) is 7.33. The minimum atomic E-state index is -3.56. The minimum Gasteiger partial charge on any atom is -0.322 e. The molecule has 1 aromatic heterocycles. The van der Waals surface area contributed by atoms with Crippen molar-refractivity contribution in [2.45, 2.75) is 24.8 Å². The van der Waals surface area contributed by atoms with E-state index in [2.05, 4.69) is 26.2 Å². The summed E-state index contributed by atoms with van der Waals surface area (Å²) in [5.74, 6) is -0.436. The lowest BCUT2D eigenvalue weighted by Crippen LogP contribution is -2.33. The molecule has 0 saturated heterocycles. The number of nitrogens with zero attached hydrogens (tertiary/aromatic N) is 2. The minimum absolute atomic E-state index is 0.0819. The fourth-order valence-corrected chi connectivity index (χ4v) is 3.82. The van der Waals surface area contributed by atoms with Gasteiger partial charge in [0.05, 0.1) is 10.5 Å². The first-order valence-corrected chi connectivity index (χ1v) is 9.94. The highest BCUT2D eigenvalue weighted by Gasteiger charge is 2.23. The van der Waals surface area contributed by atoms with E-state index in [1.54, 1.807) is 19.9 Å². The van der Waals surface area contributed by atoms with E-state index >= 15 is 0 Å². The molecule has 2 aromatic rings. The van der Waals surface area contributed by atoms with Crippen LogP contribution in [-0.2, 0) is 10.0 Å². The van der Waals surface area contributed by atoms with Gasteiger partial charge in [-0.2, -0.15) is 4.31 Å². The second-order valence-corrected chi connectivity index (χ2v) is 8.86. The highest BCUT2D eigenvalue weighted by Crippen LogP contribution is 2.22. The third-order valence-corrected chi connectivity index (χ3v) is 6.35. The highest BCUT2D eigenvalue weighted by molar-refractivity contribution is 9.10. The van der Waals surface area contributed by atoms with Crippen LogP contribution in [0.25, 0.3) is 0 Å². The predicted molar refractivity (Wildman–Crippen MR) is 101 cm³/mol. The molecule has 0 saturated carbocycles. The molecule has 9 heteroatoms. The van der Waals surface area contributed by atoms with Gasteiger partial charge < -0.3 is 5.32 Å². The van der Waals surface area contributed by atoms with E-state index in [0.29, 0.717) is 10.2 Å². The van der Waals surface area contributed by atoms with E-state index in [4.69, 9.17) is 11.6 Å². The Labute approximate surface area is 160 Å². The number of aromatic nitrogens is 1. The molecule has 134 valence electrons. The Bertz CT molecular complexity index is 886. The maximum absolute atomic E-state index is 12.4. The molecular formula is C16H17BrClN3O3S. The van der Waals surface area contributed by atoms with Gasteiger partial charge in [0.15, 0.2) is 0 Å². The summed E-state index contributed by atoms with van der Waals surface area (Å²) >= 11 is 9.16. The third kappa shape index (κ3) is 4.58. The summed E-state index contributed by atoms with van der Waals surface area (Å²) in [6.07, 6.45) is 1.49. The molecule has 0 radical (unpaired) electrons.